The molecule has 1 aliphatic rings. The van der Waals surface area contributed by atoms with Crippen molar-refractivity contribution in [3.63, 3.8) is 0 Å². The van der Waals surface area contributed by atoms with E-state index in [2.05, 4.69) is 54.0 Å². The molecule has 0 spiro atoms. The van der Waals surface area contributed by atoms with Gasteiger partial charge in [-0.3, -0.25) is 0 Å². The van der Waals surface area contributed by atoms with E-state index in [9.17, 15) is 5.11 Å². The predicted octanol–water partition coefficient (Wildman–Crippen LogP) is 2.68. The number of aliphatic hydroxyl groups is 1. The number of hydrogen-bond donors (Lipinski definition) is 2. The van der Waals surface area contributed by atoms with Gasteiger partial charge >= 0.3 is 0 Å². The molecule has 0 amide bonds. The average Bonchev–Trinajstić information content (AvgIpc) is 2.84. The first kappa shape index (κ1) is 15.0. The summed E-state index contributed by atoms with van der Waals surface area (Å²) >= 11 is 6.98. The molecule has 110 valence electrons. The summed E-state index contributed by atoms with van der Waals surface area (Å²) in [5, 5.41) is 13.1. The number of halogens is 2. The minimum absolute atomic E-state index is 0.116. The Bertz CT molecular complexity index is 717. The number of imidazole rings is 1. The molecule has 0 saturated carbocycles. The lowest BCUT2D eigenvalue weighted by Crippen LogP contribution is -2.43. The third-order valence-corrected chi connectivity index (χ3v) is 5.44. The van der Waals surface area contributed by atoms with E-state index in [1.165, 1.54) is 0 Å². The van der Waals surface area contributed by atoms with Crippen LogP contribution in [0.2, 0.25) is 0 Å². The summed E-state index contributed by atoms with van der Waals surface area (Å²) in [6.07, 6.45) is 3.26. The van der Waals surface area contributed by atoms with Crippen LogP contribution in [0.15, 0.2) is 27.4 Å². The SMILES string of the molecule is O[C@H]1CCCN[C@@H]1C#CCn1cnc2cc(Br)c(Br)cc21. The van der Waals surface area contributed by atoms with Crippen LogP contribution in [0, 0.1) is 11.8 Å². The van der Waals surface area contributed by atoms with Crippen molar-refractivity contribution >= 4 is 42.9 Å². The number of nitrogens with zero attached hydrogens (tertiary/aromatic N) is 2. The van der Waals surface area contributed by atoms with Crippen LogP contribution >= 0.6 is 31.9 Å². The van der Waals surface area contributed by atoms with E-state index in [4.69, 9.17) is 0 Å². The number of aliphatic hydroxyl groups excluding tert-OH is 1. The summed E-state index contributed by atoms with van der Waals surface area (Å²) in [6, 6.07) is 3.90. The number of benzene rings is 1. The molecule has 1 saturated heterocycles. The van der Waals surface area contributed by atoms with Gasteiger partial charge in [0.25, 0.3) is 0 Å². The number of rotatable bonds is 1. The molecule has 1 aliphatic heterocycles. The third-order valence-electron chi connectivity index (χ3n) is 3.60. The second kappa shape index (κ2) is 6.49. The van der Waals surface area contributed by atoms with Crippen molar-refractivity contribution in [2.45, 2.75) is 31.5 Å². The fraction of sp³-hybridized carbons (Fsp3) is 0.400. The largest absolute Gasteiger partial charge is 0.390 e. The van der Waals surface area contributed by atoms with E-state index < -0.39 is 0 Å². The van der Waals surface area contributed by atoms with Gasteiger partial charge in [-0.05, 0) is 63.4 Å². The van der Waals surface area contributed by atoms with E-state index >= 15 is 0 Å². The monoisotopic (exact) mass is 411 g/mol. The van der Waals surface area contributed by atoms with Crippen molar-refractivity contribution in [1.29, 1.82) is 0 Å². The lowest BCUT2D eigenvalue weighted by Gasteiger charge is -2.24. The van der Waals surface area contributed by atoms with Crippen LogP contribution in [-0.4, -0.2) is 33.3 Å². The van der Waals surface area contributed by atoms with Gasteiger partial charge in [0, 0.05) is 8.95 Å². The highest BCUT2D eigenvalue weighted by Gasteiger charge is 2.19. The standard InChI is InChI=1S/C15H15Br2N3O/c16-10-7-13-14(8-11(10)17)20(9-19-13)6-2-3-12-15(21)4-1-5-18-12/h7-9,12,15,18,21H,1,4-6H2/t12-,15+/m1/s1. The zero-order valence-corrected chi connectivity index (χ0v) is 14.5. The highest BCUT2D eigenvalue weighted by Crippen LogP contribution is 2.27. The first-order valence-electron chi connectivity index (χ1n) is 6.85. The molecule has 2 atom stereocenters. The molecular formula is C15H15Br2N3O. The molecule has 4 nitrogen and oxygen atoms in total. The molecule has 1 fully saturated rings. The maximum atomic E-state index is 9.87. The van der Waals surface area contributed by atoms with Gasteiger partial charge in [-0.25, -0.2) is 4.98 Å². The summed E-state index contributed by atoms with van der Waals surface area (Å²) in [5.74, 6) is 6.26. The van der Waals surface area contributed by atoms with Crippen molar-refractivity contribution in [2.75, 3.05) is 6.54 Å². The Kier molecular flexibility index (Phi) is 4.65. The van der Waals surface area contributed by atoms with Crippen LogP contribution in [0.4, 0.5) is 0 Å². The Hall–Kier alpha value is -0.870. The molecule has 0 radical (unpaired) electrons. The van der Waals surface area contributed by atoms with Crippen molar-refractivity contribution < 1.29 is 5.11 Å². The van der Waals surface area contributed by atoms with Gasteiger partial charge in [-0.15, -0.1) is 0 Å². The zero-order chi connectivity index (χ0) is 14.8. The Labute approximate surface area is 140 Å². The quantitative estimate of drug-likeness (QED) is 0.708. The maximum Gasteiger partial charge on any atom is 0.0966 e. The van der Waals surface area contributed by atoms with Crippen molar-refractivity contribution in [3.8, 4) is 11.8 Å². The Morgan fingerprint density at radius 2 is 2.19 bits per heavy atom. The van der Waals surface area contributed by atoms with Gasteiger partial charge in [0.15, 0.2) is 0 Å². The van der Waals surface area contributed by atoms with Crippen LogP contribution < -0.4 is 5.32 Å². The zero-order valence-electron chi connectivity index (χ0n) is 11.3. The molecule has 21 heavy (non-hydrogen) atoms. The summed E-state index contributed by atoms with van der Waals surface area (Å²) in [6.45, 7) is 1.49. The summed E-state index contributed by atoms with van der Waals surface area (Å²) < 4.78 is 3.99. The van der Waals surface area contributed by atoms with Crippen LogP contribution in [-0.2, 0) is 6.54 Å². The van der Waals surface area contributed by atoms with Gasteiger partial charge in [0.05, 0.1) is 36.1 Å². The number of fused-ring (bicyclic) bond motifs is 1. The molecule has 1 aromatic heterocycles. The first-order chi connectivity index (χ1) is 10.1. The van der Waals surface area contributed by atoms with Crippen molar-refractivity contribution in [2.24, 2.45) is 0 Å². The molecule has 0 aliphatic carbocycles. The molecule has 0 bridgehead atoms. The highest BCUT2D eigenvalue weighted by atomic mass is 79.9. The lowest BCUT2D eigenvalue weighted by atomic mass is 10.0. The fourth-order valence-corrected chi connectivity index (χ4v) is 3.10. The van der Waals surface area contributed by atoms with Crippen LogP contribution in [0.25, 0.3) is 11.0 Å². The number of aromatic nitrogens is 2. The number of piperidine rings is 1. The van der Waals surface area contributed by atoms with E-state index in [0.29, 0.717) is 6.54 Å². The minimum Gasteiger partial charge on any atom is -0.390 e. The second-order valence-corrected chi connectivity index (χ2v) is 6.80. The van der Waals surface area contributed by atoms with Gasteiger partial charge in [-0.2, -0.15) is 0 Å². The highest BCUT2D eigenvalue weighted by molar-refractivity contribution is 9.13. The van der Waals surface area contributed by atoms with Crippen LogP contribution in [0.5, 0.6) is 0 Å². The molecule has 1 aromatic carbocycles. The van der Waals surface area contributed by atoms with E-state index in [-0.39, 0.29) is 12.1 Å². The topological polar surface area (TPSA) is 50.1 Å². The van der Waals surface area contributed by atoms with Crippen molar-refractivity contribution in [3.05, 3.63) is 27.4 Å². The smallest absolute Gasteiger partial charge is 0.0966 e. The Balaban J connectivity index is 1.78. The lowest BCUT2D eigenvalue weighted by molar-refractivity contribution is 0.118. The van der Waals surface area contributed by atoms with Crippen LogP contribution in [0.1, 0.15) is 12.8 Å². The maximum absolute atomic E-state index is 9.87. The Morgan fingerprint density at radius 1 is 1.38 bits per heavy atom. The molecule has 6 heteroatoms. The molecule has 0 unspecified atom stereocenters. The predicted molar refractivity (Wildman–Crippen MR) is 89.9 cm³/mol. The first-order valence-corrected chi connectivity index (χ1v) is 8.43. The van der Waals surface area contributed by atoms with E-state index in [1.54, 1.807) is 6.33 Å². The molecule has 2 aromatic rings. The molecule has 2 N–H and O–H groups in total. The van der Waals surface area contributed by atoms with Gasteiger partial charge in [-0.1, -0.05) is 11.8 Å². The molecule has 2 heterocycles. The van der Waals surface area contributed by atoms with Gasteiger partial charge < -0.3 is 15.0 Å². The second-order valence-electron chi connectivity index (χ2n) is 5.09. The summed E-state index contributed by atoms with van der Waals surface area (Å²) in [5.41, 5.74) is 1.97. The van der Waals surface area contributed by atoms with E-state index in [0.717, 1.165) is 39.4 Å². The summed E-state index contributed by atoms with van der Waals surface area (Å²) in [7, 11) is 0. The van der Waals surface area contributed by atoms with Gasteiger partial charge in [0.1, 0.15) is 0 Å². The van der Waals surface area contributed by atoms with Crippen molar-refractivity contribution in [1.82, 2.24) is 14.9 Å². The van der Waals surface area contributed by atoms with E-state index in [1.807, 2.05) is 16.7 Å². The fourth-order valence-electron chi connectivity index (χ4n) is 2.44. The molecule has 3 rings (SSSR count). The average molecular weight is 413 g/mol. The van der Waals surface area contributed by atoms with Crippen LogP contribution in [0.3, 0.4) is 0 Å². The Morgan fingerprint density at radius 3 is 3.00 bits per heavy atom. The summed E-state index contributed by atoms with van der Waals surface area (Å²) in [4.78, 5) is 4.38. The number of nitrogens with one attached hydrogen (secondary N) is 1. The normalized spacial score (nSPS) is 22.0. The number of hydrogen-bond acceptors (Lipinski definition) is 3. The third kappa shape index (κ3) is 3.32. The molecular weight excluding hydrogens is 398 g/mol. The minimum atomic E-state index is -0.365. The van der Waals surface area contributed by atoms with Gasteiger partial charge in [0.2, 0.25) is 0 Å².